The van der Waals surface area contributed by atoms with Crippen molar-refractivity contribution in [2.75, 3.05) is 0 Å². The number of aromatic hydroxyl groups is 1. The van der Waals surface area contributed by atoms with E-state index in [-0.39, 0.29) is 35.0 Å². The van der Waals surface area contributed by atoms with Crippen LogP contribution in [0.15, 0.2) is 54.6 Å². The number of hydrogen-bond acceptors (Lipinski definition) is 1. The van der Waals surface area contributed by atoms with Crippen LogP contribution in [-0.2, 0) is 0 Å². The van der Waals surface area contributed by atoms with Gasteiger partial charge in [-0.05, 0) is 11.6 Å². The molecule has 1 radical (unpaired) electrons. The molecule has 3 heteroatoms. The summed E-state index contributed by atoms with van der Waals surface area (Å²) < 4.78 is 0. The molecule has 73 valence electrons. The zero-order chi connectivity index (χ0) is 9.10. The van der Waals surface area contributed by atoms with Gasteiger partial charge < -0.3 is 10.6 Å². The monoisotopic (exact) mass is 211 g/mol. The van der Waals surface area contributed by atoms with Crippen LogP contribution in [0, 0.1) is 0 Å². The molecule has 0 amide bonds. The first-order chi connectivity index (χ1) is 6.38. The van der Waals surface area contributed by atoms with E-state index in [9.17, 15) is 5.11 Å². The molecule has 0 unspecified atom stereocenters. The van der Waals surface area contributed by atoms with E-state index in [1.807, 2.05) is 48.5 Å². The van der Waals surface area contributed by atoms with E-state index in [0.717, 1.165) is 11.1 Å². The Kier molecular flexibility index (Phi) is 6.29. The summed E-state index contributed by atoms with van der Waals surface area (Å²) in [6, 6.07) is 17.2. The first-order valence-electron chi connectivity index (χ1n) is 4.21. The fourth-order valence-electron chi connectivity index (χ4n) is 1.34. The van der Waals surface area contributed by atoms with Crippen molar-refractivity contribution in [2.45, 2.75) is 0 Å². The number of rotatable bonds is 1. The Balaban J connectivity index is 0.000000980. The van der Waals surface area contributed by atoms with Gasteiger partial charge in [0.05, 0.1) is 0 Å². The molecular formula is C12H12NaO2. The summed E-state index contributed by atoms with van der Waals surface area (Å²) in [4.78, 5) is 0. The SMILES string of the molecule is O.Oc1ccccc1-c1ccccc1.[Na]. The number of phenols is 1. The molecule has 0 aliphatic carbocycles. The Hall–Kier alpha value is -0.800. The second-order valence-electron chi connectivity index (χ2n) is 2.88. The van der Waals surface area contributed by atoms with Gasteiger partial charge in [0.25, 0.3) is 0 Å². The van der Waals surface area contributed by atoms with Crippen LogP contribution >= 0.6 is 0 Å². The van der Waals surface area contributed by atoms with Gasteiger partial charge >= 0.3 is 0 Å². The van der Waals surface area contributed by atoms with E-state index in [2.05, 4.69) is 0 Å². The van der Waals surface area contributed by atoms with Crippen LogP contribution in [0.3, 0.4) is 0 Å². The Labute approximate surface area is 111 Å². The topological polar surface area (TPSA) is 51.7 Å². The number of hydrogen-bond donors (Lipinski definition) is 1. The smallest absolute Gasteiger partial charge is 0.123 e. The van der Waals surface area contributed by atoms with E-state index in [1.54, 1.807) is 6.07 Å². The van der Waals surface area contributed by atoms with Crippen LogP contribution in [-0.4, -0.2) is 40.1 Å². The molecule has 2 aromatic carbocycles. The molecule has 15 heavy (non-hydrogen) atoms. The zero-order valence-electron chi connectivity index (χ0n) is 8.64. The summed E-state index contributed by atoms with van der Waals surface area (Å²) in [6.45, 7) is 0. The van der Waals surface area contributed by atoms with Gasteiger partial charge in [0.2, 0.25) is 0 Å². The second-order valence-corrected chi connectivity index (χ2v) is 2.88. The minimum absolute atomic E-state index is 0. The van der Waals surface area contributed by atoms with Crippen molar-refractivity contribution < 1.29 is 10.6 Å². The molecule has 0 spiro atoms. The van der Waals surface area contributed by atoms with E-state index in [0.29, 0.717) is 5.75 Å². The summed E-state index contributed by atoms with van der Waals surface area (Å²) in [5.41, 5.74) is 1.92. The van der Waals surface area contributed by atoms with Gasteiger partial charge in [0.15, 0.2) is 0 Å². The van der Waals surface area contributed by atoms with Gasteiger partial charge in [0, 0.05) is 35.1 Å². The van der Waals surface area contributed by atoms with Crippen molar-refractivity contribution in [3.8, 4) is 16.9 Å². The second kappa shape index (κ2) is 6.64. The molecule has 0 aliphatic rings. The van der Waals surface area contributed by atoms with Gasteiger partial charge in [-0.15, -0.1) is 0 Å². The first-order valence-corrected chi connectivity index (χ1v) is 4.21. The van der Waals surface area contributed by atoms with E-state index < -0.39 is 0 Å². The normalized spacial score (nSPS) is 8.53. The molecule has 0 bridgehead atoms. The predicted octanol–water partition coefficient (Wildman–Crippen LogP) is 1.85. The van der Waals surface area contributed by atoms with Crippen LogP contribution in [0.5, 0.6) is 5.75 Å². The maximum Gasteiger partial charge on any atom is 0.123 e. The van der Waals surface area contributed by atoms with Gasteiger partial charge in [-0.2, -0.15) is 0 Å². The van der Waals surface area contributed by atoms with Gasteiger partial charge in [-0.25, -0.2) is 0 Å². The van der Waals surface area contributed by atoms with E-state index in [1.165, 1.54) is 0 Å². The molecule has 2 rings (SSSR count). The van der Waals surface area contributed by atoms with Crippen LogP contribution in [0.25, 0.3) is 11.1 Å². The summed E-state index contributed by atoms with van der Waals surface area (Å²) in [7, 11) is 0. The van der Waals surface area contributed by atoms with Crippen LogP contribution in [0.1, 0.15) is 0 Å². The molecule has 0 aromatic heterocycles. The van der Waals surface area contributed by atoms with Gasteiger partial charge in [0.1, 0.15) is 5.75 Å². The summed E-state index contributed by atoms with van der Waals surface area (Å²) in [6.07, 6.45) is 0. The zero-order valence-corrected chi connectivity index (χ0v) is 10.6. The Bertz CT molecular complexity index is 401. The Morgan fingerprint density at radius 3 is 1.87 bits per heavy atom. The van der Waals surface area contributed by atoms with Crippen molar-refractivity contribution >= 4 is 29.6 Å². The standard InChI is InChI=1S/C12H10O.Na.H2O/c13-12-9-5-4-8-11(12)10-6-2-1-3-7-10;;/h1-9,13H;;1H2. The molecule has 3 N–H and O–H groups in total. The third-order valence-electron chi connectivity index (χ3n) is 1.99. The van der Waals surface area contributed by atoms with Crippen molar-refractivity contribution in [1.82, 2.24) is 0 Å². The first kappa shape index (κ1) is 14.2. The summed E-state index contributed by atoms with van der Waals surface area (Å²) in [5.74, 6) is 0.328. The van der Waals surface area contributed by atoms with Crippen LogP contribution in [0.2, 0.25) is 0 Å². The molecule has 0 saturated heterocycles. The van der Waals surface area contributed by atoms with Crippen molar-refractivity contribution in [1.29, 1.82) is 0 Å². The molecule has 0 heterocycles. The molecule has 2 nitrogen and oxygen atoms in total. The average Bonchev–Trinajstić information content (AvgIpc) is 2.20. The summed E-state index contributed by atoms with van der Waals surface area (Å²) in [5, 5.41) is 9.56. The number of para-hydroxylation sites is 1. The number of benzene rings is 2. The fourth-order valence-corrected chi connectivity index (χ4v) is 1.34. The largest absolute Gasteiger partial charge is 0.507 e. The van der Waals surface area contributed by atoms with E-state index >= 15 is 0 Å². The molecule has 0 aliphatic heterocycles. The van der Waals surface area contributed by atoms with Crippen molar-refractivity contribution in [2.24, 2.45) is 0 Å². The molecule has 0 fully saturated rings. The molecular weight excluding hydrogens is 199 g/mol. The maximum atomic E-state index is 9.56. The Morgan fingerprint density at radius 1 is 0.733 bits per heavy atom. The molecule has 2 aromatic rings. The number of phenolic OH excluding ortho intramolecular Hbond substituents is 1. The van der Waals surface area contributed by atoms with Gasteiger partial charge in [-0.1, -0.05) is 48.5 Å². The fraction of sp³-hybridized carbons (Fsp3) is 0. The quantitative estimate of drug-likeness (QED) is 0.719. The molecule has 0 saturated carbocycles. The molecule has 0 atom stereocenters. The third kappa shape index (κ3) is 3.36. The minimum Gasteiger partial charge on any atom is -0.507 e. The predicted molar refractivity (Wildman–Crippen MR) is 62.9 cm³/mol. The third-order valence-corrected chi connectivity index (χ3v) is 1.99. The van der Waals surface area contributed by atoms with E-state index in [4.69, 9.17) is 0 Å². The summed E-state index contributed by atoms with van der Waals surface area (Å²) >= 11 is 0. The maximum absolute atomic E-state index is 9.56. The van der Waals surface area contributed by atoms with Crippen molar-refractivity contribution in [3.05, 3.63) is 54.6 Å². The minimum atomic E-state index is 0. The van der Waals surface area contributed by atoms with Gasteiger partial charge in [-0.3, -0.25) is 0 Å². The average molecular weight is 211 g/mol. The van der Waals surface area contributed by atoms with Crippen molar-refractivity contribution in [3.63, 3.8) is 0 Å². The Morgan fingerprint density at radius 2 is 1.27 bits per heavy atom. The van der Waals surface area contributed by atoms with Crippen LogP contribution in [0.4, 0.5) is 0 Å². The van der Waals surface area contributed by atoms with Crippen LogP contribution < -0.4 is 0 Å².